The molecule has 1 N–H and O–H groups in total. The lowest BCUT2D eigenvalue weighted by Gasteiger charge is -2.03. The van der Waals surface area contributed by atoms with Gasteiger partial charge in [0.25, 0.3) is 0 Å². The first-order chi connectivity index (χ1) is 11.2. The number of anilines is 1. The summed E-state index contributed by atoms with van der Waals surface area (Å²) >= 11 is 5.83. The molecular formula is C18H16ClN3O. The highest BCUT2D eigenvalue weighted by Gasteiger charge is 2.06. The van der Waals surface area contributed by atoms with Crippen molar-refractivity contribution in [2.24, 2.45) is 0 Å². The predicted octanol–water partition coefficient (Wildman–Crippen LogP) is 3.77. The van der Waals surface area contributed by atoms with Crippen LogP contribution < -0.4 is 5.32 Å². The molecule has 2 aromatic carbocycles. The minimum atomic E-state index is -0.0997. The molecule has 3 rings (SSSR count). The van der Waals surface area contributed by atoms with Gasteiger partial charge in [-0.15, -0.1) is 0 Å². The summed E-state index contributed by atoms with van der Waals surface area (Å²) < 4.78 is 1.80. The molecule has 0 radical (unpaired) electrons. The minimum Gasteiger partial charge on any atom is -0.309 e. The van der Waals surface area contributed by atoms with Crippen LogP contribution in [0, 0.1) is 0 Å². The summed E-state index contributed by atoms with van der Waals surface area (Å²) in [6, 6.07) is 19.1. The Hall–Kier alpha value is -2.59. The molecule has 0 atom stereocenters. The van der Waals surface area contributed by atoms with Crippen LogP contribution in [0.4, 0.5) is 5.82 Å². The van der Waals surface area contributed by atoms with Gasteiger partial charge in [-0.1, -0.05) is 54.1 Å². The van der Waals surface area contributed by atoms with E-state index in [2.05, 4.69) is 10.4 Å². The van der Waals surface area contributed by atoms with Crippen molar-refractivity contribution in [2.75, 3.05) is 5.32 Å². The van der Waals surface area contributed by atoms with E-state index in [1.54, 1.807) is 22.9 Å². The highest BCUT2D eigenvalue weighted by atomic mass is 35.5. The van der Waals surface area contributed by atoms with Crippen LogP contribution in [0.2, 0.25) is 5.02 Å². The van der Waals surface area contributed by atoms with Crippen LogP contribution in [-0.2, 0) is 17.8 Å². The number of rotatable bonds is 5. The van der Waals surface area contributed by atoms with E-state index in [0.29, 0.717) is 23.8 Å². The normalized spacial score (nSPS) is 10.5. The average Bonchev–Trinajstić information content (AvgIpc) is 2.97. The average molecular weight is 326 g/mol. The Balaban J connectivity index is 1.58. The highest BCUT2D eigenvalue weighted by molar-refractivity contribution is 6.30. The van der Waals surface area contributed by atoms with Crippen molar-refractivity contribution in [1.29, 1.82) is 0 Å². The second-order valence-corrected chi connectivity index (χ2v) is 5.67. The van der Waals surface area contributed by atoms with Gasteiger partial charge in [-0.05, 0) is 23.3 Å². The maximum absolute atomic E-state index is 12.0. The van der Waals surface area contributed by atoms with E-state index in [1.807, 2.05) is 48.7 Å². The van der Waals surface area contributed by atoms with Crippen LogP contribution in [0.15, 0.2) is 66.9 Å². The van der Waals surface area contributed by atoms with Gasteiger partial charge in [0.15, 0.2) is 5.82 Å². The van der Waals surface area contributed by atoms with Crippen LogP contribution in [0.5, 0.6) is 0 Å². The Morgan fingerprint density at radius 3 is 2.48 bits per heavy atom. The Kier molecular flexibility index (Phi) is 4.74. The van der Waals surface area contributed by atoms with Crippen LogP contribution in [0.3, 0.4) is 0 Å². The molecule has 0 saturated heterocycles. The fourth-order valence-corrected chi connectivity index (χ4v) is 2.39. The maximum atomic E-state index is 12.0. The number of nitrogens with zero attached hydrogens (tertiary/aromatic N) is 2. The van der Waals surface area contributed by atoms with Crippen molar-refractivity contribution in [3.05, 3.63) is 83.0 Å². The predicted molar refractivity (Wildman–Crippen MR) is 91.6 cm³/mol. The van der Waals surface area contributed by atoms with E-state index in [4.69, 9.17) is 11.6 Å². The van der Waals surface area contributed by atoms with E-state index in [1.165, 1.54) is 0 Å². The van der Waals surface area contributed by atoms with Gasteiger partial charge >= 0.3 is 0 Å². The third-order valence-electron chi connectivity index (χ3n) is 3.37. The summed E-state index contributed by atoms with van der Waals surface area (Å²) in [5.41, 5.74) is 2.07. The lowest BCUT2D eigenvalue weighted by atomic mass is 10.1. The third kappa shape index (κ3) is 4.44. The van der Waals surface area contributed by atoms with Crippen molar-refractivity contribution >= 4 is 23.3 Å². The lowest BCUT2D eigenvalue weighted by molar-refractivity contribution is -0.115. The number of nitrogens with one attached hydrogen (secondary N) is 1. The summed E-state index contributed by atoms with van der Waals surface area (Å²) in [4.78, 5) is 12.0. The van der Waals surface area contributed by atoms with Gasteiger partial charge in [-0.2, -0.15) is 5.10 Å². The van der Waals surface area contributed by atoms with E-state index >= 15 is 0 Å². The fraction of sp³-hybridized carbons (Fsp3) is 0.111. The second kappa shape index (κ2) is 7.11. The van der Waals surface area contributed by atoms with E-state index in [-0.39, 0.29) is 5.91 Å². The summed E-state index contributed by atoms with van der Waals surface area (Å²) in [6.45, 7) is 0.674. The molecule has 0 saturated carbocycles. The van der Waals surface area contributed by atoms with Crippen LogP contribution >= 0.6 is 11.6 Å². The molecule has 0 fully saturated rings. The van der Waals surface area contributed by atoms with Gasteiger partial charge < -0.3 is 5.32 Å². The van der Waals surface area contributed by atoms with E-state index < -0.39 is 0 Å². The number of hydrogen-bond donors (Lipinski definition) is 1. The van der Waals surface area contributed by atoms with Gasteiger partial charge in [0, 0.05) is 17.3 Å². The van der Waals surface area contributed by atoms with Crippen molar-refractivity contribution < 1.29 is 4.79 Å². The first-order valence-electron chi connectivity index (χ1n) is 7.31. The standard InChI is InChI=1S/C18H16ClN3O/c19-16-8-6-14(7-9-16)12-18(23)20-17-10-11-22(21-17)13-15-4-2-1-3-5-15/h1-11H,12-13H2,(H,20,21,23). The molecular weight excluding hydrogens is 310 g/mol. The quantitative estimate of drug-likeness (QED) is 0.776. The van der Waals surface area contributed by atoms with Crippen LogP contribution in [-0.4, -0.2) is 15.7 Å². The van der Waals surface area contributed by atoms with Crippen LogP contribution in [0.25, 0.3) is 0 Å². The maximum Gasteiger partial charge on any atom is 0.229 e. The first-order valence-corrected chi connectivity index (χ1v) is 7.68. The van der Waals surface area contributed by atoms with Crippen molar-refractivity contribution in [2.45, 2.75) is 13.0 Å². The molecule has 4 nitrogen and oxygen atoms in total. The van der Waals surface area contributed by atoms with Gasteiger partial charge in [0.1, 0.15) is 0 Å². The molecule has 1 aromatic heterocycles. The number of aromatic nitrogens is 2. The Bertz CT molecular complexity index is 782. The summed E-state index contributed by atoms with van der Waals surface area (Å²) in [6.07, 6.45) is 2.15. The van der Waals surface area contributed by atoms with E-state index in [9.17, 15) is 4.79 Å². The fourth-order valence-electron chi connectivity index (χ4n) is 2.26. The van der Waals surface area contributed by atoms with Gasteiger partial charge in [-0.3, -0.25) is 9.48 Å². The molecule has 0 bridgehead atoms. The lowest BCUT2D eigenvalue weighted by Crippen LogP contribution is -2.15. The number of halogens is 1. The smallest absolute Gasteiger partial charge is 0.229 e. The Morgan fingerprint density at radius 2 is 1.74 bits per heavy atom. The number of hydrogen-bond acceptors (Lipinski definition) is 2. The van der Waals surface area contributed by atoms with Crippen molar-refractivity contribution in [3.63, 3.8) is 0 Å². The summed E-state index contributed by atoms with van der Waals surface area (Å²) in [7, 11) is 0. The molecule has 0 aliphatic heterocycles. The zero-order valence-corrected chi connectivity index (χ0v) is 13.2. The first kappa shape index (κ1) is 15.3. The van der Waals surface area contributed by atoms with Gasteiger partial charge in [-0.25, -0.2) is 0 Å². The highest BCUT2D eigenvalue weighted by Crippen LogP contribution is 2.11. The number of carbonyl (C=O) groups is 1. The number of amides is 1. The van der Waals surface area contributed by atoms with Gasteiger partial charge in [0.2, 0.25) is 5.91 Å². The Morgan fingerprint density at radius 1 is 1.00 bits per heavy atom. The molecule has 0 aliphatic rings. The van der Waals surface area contributed by atoms with E-state index in [0.717, 1.165) is 11.1 Å². The third-order valence-corrected chi connectivity index (χ3v) is 3.63. The molecule has 1 amide bonds. The van der Waals surface area contributed by atoms with Gasteiger partial charge in [0.05, 0.1) is 13.0 Å². The monoisotopic (exact) mass is 325 g/mol. The zero-order chi connectivity index (χ0) is 16.1. The second-order valence-electron chi connectivity index (χ2n) is 5.24. The molecule has 0 spiro atoms. The van der Waals surface area contributed by atoms with Crippen molar-refractivity contribution in [3.8, 4) is 0 Å². The molecule has 116 valence electrons. The molecule has 3 aromatic rings. The molecule has 0 unspecified atom stereocenters. The van der Waals surface area contributed by atoms with Crippen molar-refractivity contribution in [1.82, 2.24) is 9.78 Å². The largest absolute Gasteiger partial charge is 0.309 e. The molecule has 0 aliphatic carbocycles. The number of benzene rings is 2. The zero-order valence-electron chi connectivity index (χ0n) is 12.4. The SMILES string of the molecule is O=C(Cc1ccc(Cl)cc1)Nc1ccn(Cc2ccccc2)n1. The van der Waals surface area contributed by atoms with Crippen LogP contribution in [0.1, 0.15) is 11.1 Å². The molecule has 23 heavy (non-hydrogen) atoms. The molecule has 1 heterocycles. The Labute approximate surface area is 139 Å². The minimum absolute atomic E-state index is 0.0997. The summed E-state index contributed by atoms with van der Waals surface area (Å²) in [5, 5.41) is 7.83. The topological polar surface area (TPSA) is 46.9 Å². The summed E-state index contributed by atoms with van der Waals surface area (Å²) in [5.74, 6) is 0.456. The number of carbonyl (C=O) groups excluding carboxylic acids is 1. The molecule has 5 heteroatoms.